The second-order valence-corrected chi connectivity index (χ2v) is 5.70. The van der Waals surface area contributed by atoms with Crippen molar-refractivity contribution in [1.29, 1.82) is 0 Å². The van der Waals surface area contributed by atoms with Crippen molar-refractivity contribution in [3.8, 4) is 0 Å². The van der Waals surface area contributed by atoms with Gasteiger partial charge < -0.3 is 4.90 Å². The van der Waals surface area contributed by atoms with Crippen LogP contribution in [0.2, 0.25) is 0 Å². The van der Waals surface area contributed by atoms with Crippen molar-refractivity contribution in [3.05, 3.63) is 71.8 Å². The van der Waals surface area contributed by atoms with E-state index in [1.54, 1.807) is 17.1 Å². The summed E-state index contributed by atoms with van der Waals surface area (Å²) in [6.07, 6.45) is 3.38. The highest BCUT2D eigenvalue weighted by atomic mass is 16.2. The fourth-order valence-corrected chi connectivity index (χ4v) is 2.86. The van der Waals surface area contributed by atoms with E-state index in [-0.39, 0.29) is 11.5 Å². The molecule has 1 aliphatic heterocycles. The second-order valence-electron chi connectivity index (χ2n) is 5.70. The number of anilines is 1. The van der Waals surface area contributed by atoms with Crippen LogP contribution < -0.4 is 4.90 Å². The fraction of sp³-hybridized carbons (Fsp3) is 0.0952. The minimum atomic E-state index is -0.398. The number of carbonyl (C=O) groups is 2. The average molecular weight is 331 g/mol. The highest BCUT2D eigenvalue weighted by Crippen LogP contribution is 2.29. The smallest absolute Gasteiger partial charge is 0.308 e. The van der Waals surface area contributed by atoms with Gasteiger partial charge in [0.2, 0.25) is 5.69 Å². The van der Waals surface area contributed by atoms with Crippen LogP contribution in [-0.4, -0.2) is 29.7 Å². The van der Waals surface area contributed by atoms with Crippen LogP contribution >= 0.6 is 0 Å². The van der Waals surface area contributed by atoms with E-state index in [1.807, 2.05) is 55.5 Å². The zero-order valence-corrected chi connectivity index (χ0v) is 14.1. The molecule has 124 valence electrons. The number of para-hydroxylation sites is 1. The van der Waals surface area contributed by atoms with Gasteiger partial charge in [-0.05, 0) is 36.8 Å². The largest absolute Gasteiger partial charge is 0.430 e. The lowest BCUT2D eigenvalue weighted by Gasteiger charge is -2.22. The normalized spacial score (nSPS) is 13.1. The predicted octanol–water partition coefficient (Wildman–Crippen LogP) is 3.65. The predicted molar refractivity (Wildman–Crippen MR) is 101 cm³/mol. The summed E-state index contributed by atoms with van der Waals surface area (Å²) in [5.74, 6) is -0.730. The monoisotopic (exact) mass is 331 g/mol. The Balaban J connectivity index is 2.00. The van der Waals surface area contributed by atoms with Crippen molar-refractivity contribution >= 4 is 42.1 Å². The zero-order valence-electron chi connectivity index (χ0n) is 14.1. The van der Waals surface area contributed by atoms with Gasteiger partial charge in [-0.2, -0.15) is 0 Å². The molecule has 2 amide bonds. The molecule has 4 heteroatoms. The number of fused-ring (bicyclic) bond motifs is 1. The molecule has 0 bridgehead atoms. The van der Waals surface area contributed by atoms with Gasteiger partial charge in [-0.25, -0.2) is 4.79 Å². The Morgan fingerprint density at radius 1 is 1.16 bits per heavy atom. The van der Waals surface area contributed by atoms with Crippen molar-refractivity contribution in [3.63, 3.8) is 0 Å². The summed E-state index contributed by atoms with van der Waals surface area (Å²) in [5, 5.41) is 0. The summed E-state index contributed by atoms with van der Waals surface area (Å²) in [6, 6.07) is 14.9. The molecule has 25 heavy (non-hydrogen) atoms. The number of likely N-dealkylation sites (N-methyl/N-ethyl adjacent to an activating group) is 1. The number of benzene rings is 2. The molecule has 0 saturated carbocycles. The van der Waals surface area contributed by atoms with Crippen molar-refractivity contribution in [2.75, 3.05) is 11.4 Å². The van der Waals surface area contributed by atoms with E-state index >= 15 is 0 Å². The molecule has 0 radical (unpaired) electrons. The Hall–Kier alpha value is -3.27. The molecular weight excluding hydrogens is 312 g/mol. The van der Waals surface area contributed by atoms with Crippen LogP contribution in [-0.2, 0) is 9.59 Å². The summed E-state index contributed by atoms with van der Waals surface area (Å²) < 4.78 is 1.28. The Morgan fingerprint density at radius 3 is 2.48 bits per heavy atom. The second kappa shape index (κ2) is 6.69. The average Bonchev–Trinajstić information content (AvgIpc) is 2.65. The summed E-state index contributed by atoms with van der Waals surface area (Å²) in [5.41, 5.74) is 3.32. The maximum absolute atomic E-state index is 13.0. The summed E-state index contributed by atoms with van der Waals surface area (Å²) in [6.45, 7) is 9.85. The standard InChI is InChI=1S/C21H19N2O2/c1-4-15-10-12-17(13-11-15)23(5-2)21(25)18-14-16-8-6-7-9-19(16)22(3)20(18)24/h4,6-14H,1,3,5H2,2H3/q+1. The van der Waals surface area contributed by atoms with E-state index in [0.29, 0.717) is 12.2 Å². The van der Waals surface area contributed by atoms with Gasteiger partial charge in [0.1, 0.15) is 6.72 Å². The lowest BCUT2D eigenvalue weighted by molar-refractivity contribution is -0.354. The molecule has 1 heterocycles. The highest BCUT2D eigenvalue weighted by Gasteiger charge is 2.36. The van der Waals surface area contributed by atoms with Crippen molar-refractivity contribution in [2.45, 2.75) is 6.92 Å². The number of carbonyl (C=O) groups excluding carboxylic acids is 2. The van der Waals surface area contributed by atoms with Crippen LogP contribution in [0.25, 0.3) is 12.2 Å². The van der Waals surface area contributed by atoms with Gasteiger partial charge >= 0.3 is 5.91 Å². The van der Waals surface area contributed by atoms with Crippen molar-refractivity contribution in [2.24, 2.45) is 0 Å². The molecule has 0 unspecified atom stereocenters. The molecule has 4 nitrogen and oxygen atoms in total. The summed E-state index contributed by atoms with van der Waals surface area (Å²) in [7, 11) is 0. The fourth-order valence-electron chi connectivity index (χ4n) is 2.86. The van der Waals surface area contributed by atoms with E-state index < -0.39 is 5.91 Å². The molecule has 0 N–H and O–H groups in total. The molecule has 0 fully saturated rings. The van der Waals surface area contributed by atoms with Crippen LogP contribution in [0, 0.1) is 0 Å². The minimum absolute atomic E-state index is 0.114. The zero-order chi connectivity index (χ0) is 18.0. The lowest BCUT2D eigenvalue weighted by atomic mass is 10.0. The van der Waals surface area contributed by atoms with E-state index in [9.17, 15) is 9.59 Å². The maximum atomic E-state index is 13.0. The topological polar surface area (TPSA) is 40.4 Å². The summed E-state index contributed by atoms with van der Waals surface area (Å²) >= 11 is 0. The van der Waals surface area contributed by atoms with E-state index in [2.05, 4.69) is 13.3 Å². The molecule has 0 atom stereocenters. The third-order valence-electron chi connectivity index (χ3n) is 4.24. The first kappa shape index (κ1) is 16.6. The van der Waals surface area contributed by atoms with Crippen LogP contribution in [0.4, 0.5) is 11.4 Å². The van der Waals surface area contributed by atoms with Gasteiger partial charge in [0.05, 0.1) is 0 Å². The van der Waals surface area contributed by atoms with Gasteiger partial charge in [-0.3, -0.25) is 4.79 Å². The van der Waals surface area contributed by atoms with Crippen molar-refractivity contribution < 1.29 is 14.2 Å². The minimum Gasteiger partial charge on any atom is -0.308 e. The number of amides is 2. The number of hydrogen-bond acceptors (Lipinski definition) is 2. The first-order valence-corrected chi connectivity index (χ1v) is 8.07. The maximum Gasteiger partial charge on any atom is 0.430 e. The van der Waals surface area contributed by atoms with Gasteiger partial charge in [0, 0.05) is 23.9 Å². The van der Waals surface area contributed by atoms with Crippen LogP contribution in [0.5, 0.6) is 0 Å². The van der Waals surface area contributed by atoms with Crippen LogP contribution in [0.1, 0.15) is 18.1 Å². The Bertz CT molecular complexity index is 908. The Morgan fingerprint density at radius 2 is 1.84 bits per heavy atom. The summed E-state index contributed by atoms with van der Waals surface area (Å²) in [4.78, 5) is 27.2. The third kappa shape index (κ3) is 2.94. The van der Waals surface area contributed by atoms with Crippen LogP contribution in [0.3, 0.4) is 0 Å². The van der Waals surface area contributed by atoms with Gasteiger partial charge in [-0.1, -0.05) is 36.9 Å². The molecule has 0 spiro atoms. The molecule has 0 aromatic heterocycles. The number of hydrogen-bond donors (Lipinski definition) is 0. The van der Waals surface area contributed by atoms with Gasteiger partial charge in [0.25, 0.3) is 5.91 Å². The molecule has 0 aliphatic carbocycles. The molecule has 0 saturated heterocycles. The van der Waals surface area contributed by atoms with E-state index in [1.165, 1.54) is 4.58 Å². The highest BCUT2D eigenvalue weighted by molar-refractivity contribution is 6.25. The van der Waals surface area contributed by atoms with Crippen molar-refractivity contribution in [1.82, 2.24) is 0 Å². The van der Waals surface area contributed by atoms with Gasteiger partial charge in [-0.15, -0.1) is 4.58 Å². The van der Waals surface area contributed by atoms with Crippen LogP contribution in [0.15, 0.2) is 60.7 Å². The van der Waals surface area contributed by atoms with E-state index in [0.717, 1.165) is 16.8 Å². The number of rotatable bonds is 4. The molecule has 1 aliphatic rings. The number of nitrogens with zero attached hydrogens (tertiary/aromatic N) is 2. The SMILES string of the molecule is C=Cc1ccc(N(CC)C(=O)C2=Cc3ccccc3[N+](=C)C2=O)cc1. The Labute approximate surface area is 147 Å². The van der Waals surface area contributed by atoms with Gasteiger partial charge in [0.15, 0.2) is 5.57 Å². The lowest BCUT2D eigenvalue weighted by Crippen LogP contribution is -2.37. The molecular formula is C21H19N2O2+. The molecule has 3 rings (SSSR count). The molecule has 2 aromatic rings. The molecule has 2 aromatic carbocycles. The quantitative estimate of drug-likeness (QED) is 0.634. The first-order chi connectivity index (χ1) is 12.1. The third-order valence-corrected chi connectivity index (χ3v) is 4.24. The van der Waals surface area contributed by atoms with E-state index in [4.69, 9.17) is 0 Å². The Kier molecular flexibility index (Phi) is 4.44. The first-order valence-electron chi connectivity index (χ1n) is 8.07.